The normalized spacial score (nSPS) is 20.0. The van der Waals surface area contributed by atoms with Crippen molar-refractivity contribution < 1.29 is 18.0 Å². The van der Waals surface area contributed by atoms with Gasteiger partial charge in [0.2, 0.25) is 15.9 Å². The number of rotatable bonds is 8. The van der Waals surface area contributed by atoms with E-state index in [0.29, 0.717) is 42.3 Å². The average Bonchev–Trinajstić information content (AvgIpc) is 3.00. The fourth-order valence-electron chi connectivity index (χ4n) is 6.06. The molecule has 3 aliphatic heterocycles. The number of nitrogens with one attached hydrogen (secondary N) is 3. The Balaban J connectivity index is 1.15. The van der Waals surface area contributed by atoms with Crippen molar-refractivity contribution in [2.45, 2.75) is 55.4 Å². The first kappa shape index (κ1) is 30.1. The number of nitrogens with zero attached hydrogens (tertiary/aromatic N) is 3. The zero-order chi connectivity index (χ0) is 29.9. The van der Waals surface area contributed by atoms with Gasteiger partial charge in [0.15, 0.2) is 0 Å². The van der Waals surface area contributed by atoms with E-state index in [2.05, 4.69) is 21.6 Å². The predicted octanol–water partition coefficient (Wildman–Crippen LogP) is 2.53. The van der Waals surface area contributed by atoms with E-state index in [1.807, 2.05) is 30.3 Å². The Morgan fingerprint density at radius 1 is 1.02 bits per heavy atom. The summed E-state index contributed by atoms with van der Waals surface area (Å²) in [5, 5.41) is 14.1. The van der Waals surface area contributed by atoms with Crippen LogP contribution < -0.4 is 16.4 Å². The summed E-state index contributed by atoms with van der Waals surface area (Å²) in [5.74, 6) is 0.140. The molecule has 226 valence electrons. The fraction of sp³-hybridized carbons (Fsp3) is 0.500. The molecule has 42 heavy (non-hydrogen) atoms. The van der Waals surface area contributed by atoms with Crippen molar-refractivity contribution >= 4 is 33.5 Å². The van der Waals surface area contributed by atoms with Crippen LogP contribution in [-0.2, 0) is 21.2 Å². The Morgan fingerprint density at radius 2 is 1.76 bits per heavy atom. The third-order valence-corrected chi connectivity index (χ3v) is 10.6. The number of nitrogens with two attached hydrogens (primary N) is 1. The van der Waals surface area contributed by atoms with E-state index in [1.165, 1.54) is 10.5 Å². The molecule has 0 aliphatic carbocycles. The molecule has 11 nitrogen and oxygen atoms in total. The van der Waals surface area contributed by atoms with Gasteiger partial charge in [-0.25, -0.2) is 13.2 Å². The van der Waals surface area contributed by atoms with Crippen LogP contribution in [0.5, 0.6) is 0 Å². The summed E-state index contributed by atoms with van der Waals surface area (Å²) in [6.45, 7) is 3.91. The molecule has 2 aromatic rings. The number of urea groups is 1. The van der Waals surface area contributed by atoms with Crippen LogP contribution in [0.1, 0.15) is 54.7 Å². The van der Waals surface area contributed by atoms with Gasteiger partial charge in [0.05, 0.1) is 4.90 Å². The molecule has 3 heterocycles. The zero-order valence-electron chi connectivity index (χ0n) is 24.1. The van der Waals surface area contributed by atoms with Gasteiger partial charge < -0.3 is 16.0 Å². The van der Waals surface area contributed by atoms with Crippen LogP contribution in [0.25, 0.3) is 0 Å². The molecule has 0 radical (unpaired) electrons. The molecular formula is C30H41N7O4S. The summed E-state index contributed by atoms with van der Waals surface area (Å²) in [6.07, 6.45) is 4.36. The highest BCUT2D eigenvalue weighted by molar-refractivity contribution is 7.89. The molecule has 0 unspecified atom stereocenters. The number of likely N-dealkylation sites (tertiary alicyclic amines) is 1. The monoisotopic (exact) mass is 595 g/mol. The number of benzene rings is 2. The van der Waals surface area contributed by atoms with Crippen LogP contribution in [0.3, 0.4) is 0 Å². The van der Waals surface area contributed by atoms with Gasteiger partial charge in [0.25, 0.3) is 0 Å². The van der Waals surface area contributed by atoms with E-state index < -0.39 is 16.1 Å². The number of piperidine rings is 2. The number of carbonyl (C=O) groups is 2. The lowest BCUT2D eigenvalue weighted by molar-refractivity contribution is -0.121. The topological polar surface area (TPSA) is 152 Å². The maximum absolute atomic E-state index is 13.2. The number of hydrogen-bond acceptors (Lipinski definition) is 8. The Kier molecular flexibility index (Phi) is 9.26. The van der Waals surface area contributed by atoms with Crippen LogP contribution in [0.15, 0.2) is 47.4 Å². The van der Waals surface area contributed by atoms with Crippen molar-refractivity contribution in [2.75, 3.05) is 51.6 Å². The van der Waals surface area contributed by atoms with Crippen molar-refractivity contribution in [3.63, 3.8) is 0 Å². The van der Waals surface area contributed by atoms with Gasteiger partial charge in [-0.15, -0.1) is 0 Å². The van der Waals surface area contributed by atoms with Gasteiger partial charge >= 0.3 is 6.03 Å². The minimum absolute atomic E-state index is 0.0720. The summed E-state index contributed by atoms with van der Waals surface area (Å²) in [5.41, 5.74) is 9.59. The molecule has 2 aromatic carbocycles. The zero-order valence-corrected chi connectivity index (χ0v) is 25.0. The molecule has 12 heteroatoms. The van der Waals surface area contributed by atoms with Crippen molar-refractivity contribution in [3.8, 4) is 0 Å². The van der Waals surface area contributed by atoms with E-state index in [1.54, 1.807) is 17.4 Å². The highest BCUT2D eigenvalue weighted by Gasteiger charge is 2.30. The second-order valence-corrected chi connectivity index (χ2v) is 13.4. The minimum Gasteiger partial charge on any atom is -0.388 e. The molecule has 5 N–H and O–H groups in total. The maximum atomic E-state index is 13.2. The number of anilines is 1. The predicted molar refractivity (Wildman–Crippen MR) is 162 cm³/mol. The lowest BCUT2D eigenvalue weighted by atomic mass is 9.88. The van der Waals surface area contributed by atoms with Crippen LogP contribution in [0.2, 0.25) is 0 Å². The smallest absolute Gasteiger partial charge is 0.329 e. The molecule has 0 aromatic heterocycles. The second-order valence-electron chi connectivity index (χ2n) is 11.4. The fourth-order valence-corrected chi connectivity index (χ4v) is 7.60. The number of carbonyl (C=O) groups excluding carboxylic acids is 2. The molecule has 0 atom stereocenters. The Bertz CT molecular complexity index is 1430. The van der Waals surface area contributed by atoms with Gasteiger partial charge in [-0.1, -0.05) is 18.2 Å². The first-order valence-electron chi connectivity index (χ1n) is 14.7. The molecule has 3 amide bonds. The molecule has 3 saturated heterocycles. The van der Waals surface area contributed by atoms with Crippen LogP contribution >= 0.6 is 0 Å². The number of sulfonamides is 1. The van der Waals surface area contributed by atoms with E-state index in [0.717, 1.165) is 50.1 Å². The largest absolute Gasteiger partial charge is 0.388 e. The SMILES string of the molecule is CNc1cc(C2CCN(CCc3cccc(S(=O)(=O)N4CCC(N)CC4)c3)CC2)ccc1C(=N)N1CCC(=O)NC1=O. The van der Waals surface area contributed by atoms with Crippen LogP contribution in [0.4, 0.5) is 10.5 Å². The third kappa shape index (κ3) is 6.67. The standard InChI is InChI=1S/C30H41N7O4S/c1-33-27-20-23(5-6-26(27)29(32)37-18-12-28(38)34-30(37)39)22-8-14-35(15-9-22)13-7-21-3-2-4-25(19-21)42(40,41)36-16-10-24(31)11-17-36/h2-6,19-20,22,24,32-33H,7-18,31H2,1H3,(H,34,38,39). The molecule has 0 saturated carbocycles. The Morgan fingerprint density at radius 3 is 2.45 bits per heavy atom. The highest BCUT2D eigenvalue weighted by Crippen LogP contribution is 2.32. The summed E-state index contributed by atoms with van der Waals surface area (Å²) >= 11 is 0. The second kappa shape index (κ2) is 12.9. The van der Waals surface area contributed by atoms with Gasteiger partial charge in [0, 0.05) is 56.9 Å². The summed E-state index contributed by atoms with van der Waals surface area (Å²) in [4.78, 5) is 27.8. The van der Waals surface area contributed by atoms with E-state index in [-0.39, 0.29) is 30.8 Å². The summed E-state index contributed by atoms with van der Waals surface area (Å²) in [6, 6.07) is 12.9. The minimum atomic E-state index is -3.50. The van der Waals surface area contributed by atoms with E-state index >= 15 is 0 Å². The molecule has 0 bridgehead atoms. The molecule has 3 aliphatic rings. The Hall–Kier alpha value is -3.32. The van der Waals surface area contributed by atoms with Crippen LogP contribution in [-0.4, -0.2) is 92.7 Å². The third-order valence-electron chi connectivity index (χ3n) is 8.70. The molecule has 0 spiro atoms. The van der Waals surface area contributed by atoms with Gasteiger partial charge in [-0.2, -0.15) is 4.31 Å². The summed E-state index contributed by atoms with van der Waals surface area (Å²) < 4.78 is 27.9. The van der Waals surface area contributed by atoms with Crippen molar-refractivity contribution in [2.24, 2.45) is 5.73 Å². The van der Waals surface area contributed by atoms with E-state index in [4.69, 9.17) is 11.1 Å². The van der Waals surface area contributed by atoms with Gasteiger partial charge in [0.1, 0.15) is 5.84 Å². The van der Waals surface area contributed by atoms with Crippen molar-refractivity contribution in [1.82, 2.24) is 19.4 Å². The molecular weight excluding hydrogens is 554 g/mol. The lowest BCUT2D eigenvalue weighted by Crippen LogP contribution is -2.52. The van der Waals surface area contributed by atoms with Gasteiger partial charge in [-0.05, 0) is 86.5 Å². The Labute approximate surface area is 248 Å². The number of hydrogen-bond donors (Lipinski definition) is 4. The van der Waals surface area contributed by atoms with E-state index in [9.17, 15) is 18.0 Å². The van der Waals surface area contributed by atoms with Crippen molar-refractivity contribution in [3.05, 3.63) is 59.2 Å². The maximum Gasteiger partial charge on any atom is 0.329 e. The number of amides is 3. The lowest BCUT2D eigenvalue weighted by Gasteiger charge is -2.33. The quantitative estimate of drug-likeness (QED) is 0.270. The first-order chi connectivity index (χ1) is 20.2. The number of imide groups is 1. The highest BCUT2D eigenvalue weighted by atomic mass is 32.2. The van der Waals surface area contributed by atoms with Gasteiger partial charge in [-0.3, -0.25) is 20.4 Å². The molecule has 5 rings (SSSR count). The average molecular weight is 596 g/mol. The summed E-state index contributed by atoms with van der Waals surface area (Å²) in [7, 11) is -1.70. The molecule has 3 fully saturated rings. The first-order valence-corrected chi connectivity index (χ1v) is 16.2. The number of amidine groups is 1. The van der Waals surface area contributed by atoms with Crippen LogP contribution in [0, 0.1) is 5.41 Å². The van der Waals surface area contributed by atoms with Crippen molar-refractivity contribution in [1.29, 1.82) is 5.41 Å².